The second-order valence-electron chi connectivity index (χ2n) is 5.80. The summed E-state index contributed by atoms with van der Waals surface area (Å²) in [6, 6.07) is 0. The Hall–Kier alpha value is -0.0400. The van der Waals surface area contributed by atoms with Crippen molar-refractivity contribution in [3.63, 3.8) is 0 Å². The molecule has 0 aromatic rings. The summed E-state index contributed by atoms with van der Waals surface area (Å²) in [7, 11) is 0. The Morgan fingerprint density at radius 2 is 1.77 bits per heavy atom. The van der Waals surface area contributed by atoms with Crippen molar-refractivity contribution < 1.29 is 0 Å². The largest absolute Gasteiger partial charge is 0.312 e. The fraction of sp³-hybridized carbons (Fsp3) is 1.00. The first-order valence-electron chi connectivity index (χ1n) is 5.65. The molecule has 1 heteroatoms. The Morgan fingerprint density at radius 1 is 1.23 bits per heavy atom. The molecule has 1 N–H and O–H groups in total. The Kier molecular flexibility index (Phi) is 3.39. The lowest BCUT2D eigenvalue weighted by Crippen LogP contribution is -2.40. The van der Waals surface area contributed by atoms with Crippen LogP contribution in [-0.4, -0.2) is 12.1 Å². The molecule has 13 heavy (non-hydrogen) atoms. The summed E-state index contributed by atoms with van der Waals surface area (Å²) in [5, 5.41) is 3.59. The normalized spacial score (nSPS) is 22.8. The number of hydrogen-bond donors (Lipinski definition) is 1. The van der Waals surface area contributed by atoms with Gasteiger partial charge in [0.05, 0.1) is 0 Å². The first kappa shape index (κ1) is 11.0. The second kappa shape index (κ2) is 4.00. The van der Waals surface area contributed by atoms with Gasteiger partial charge in [0.2, 0.25) is 0 Å². The molecular weight excluding hydrogens is 158 g/mol. The predicted octanol–water partition coefficient (Wildman–Crippen LogP) is 3.06. The molecule has 0 amide bonds. The molecule has 0 radical (unpaired) electrons. The van der Waals surface area contributed by atoms with Gasteiger partial charge < -0.3 is 5.32 Å². The number of hydrogen-bond acceptors (Lipinski definition) is 1. The van der Waals surface area contributed by atoms with Gasteiger partial charge in [0.25, 0.3) is 0 Å². The van der Waals surface area contributed by atoms with Gasteiger partial charge in [0.1, 0.15) is 0 Å². The van der Waals surface area contributed by atoms with E-state index < -0.39 is 0 Å². The summed E-state index contributed by atoms with van der Waals surface area (Å²) in [5.74, 6) is 2.78. The van der Waals surface area contributed by atoms with Crippen molar-refractivity contribution in [2.45, 2.75) is 53.0 Å². The van der Waals surface area contributed by atoms with Gasteiger partial charge in [-0.05, 0) is 57.9 Å². The molecular formula is C12H25N. The molecule has 78 valence electrons. The van der Waals surface area contributed by atoms with Crippen LogP contribution in [0.25, 0.3) is 0 Å². The smallest absolute Gasteiger partial charge is 0.00966 e. The molecule has 2 unspecified atom stereocenters. The minimum atomic E-state index is 0.275. The van der Waals surface area contributed by atoms with E-state index in [2.05, 4.69) is 39.9 Å². The van der Waals surface area contributed by atoms with Crippen LogP contribution in [0.3, 0.4) is 0 Å². The molecule has 1 rings (SSSR count). The highest BCUT2D eigenvalue weighted by Gasteiger charge is 2.31. The molecule has 0 aliphatic heterocycles. The van der Waals surface area contributed by atoms with E-state index in [0.717, 1.165) is 17.8 Å². The van der Waals surface area contributed by atoms with E-state index in [1.165, 1.54) is 19.4 Å². The molecule has 1 saturated carbocycles. The zero-order chi connectivity index (χ0) is 10.1. The zero-order valence-corrected chi connectivity index (χ0v) is 9.85. The Morgan fingerprint density at radius 3 is 2.15 bits per heavy atom. The van der Waals surface area contributed by atoms with Crippen LogP contribution in [-0.2, 0) is 0 Å². The molecule has 1 nitrogen and oxygen atoms in total. The highest BCUT2D eigenvalue weighted by molar-refractivity contribution is 4.83. The van der Waals surface area contributed by atoms with Gasteiger partial charge in [-0.2, -0.15) is 0 Å². The first-order chi connectivity index (χ1) is 5.90. The molecule has 1 aliphatic carbocycles. The van der Waals surface area contributed by atoms with Crippen molar-refractivity contribution in [1.82, 2.24) is 5.32 Å². The van der Waals surface area contributed by atoms with Gasteiger partial charge in [0.15, 0.2) is 0 Å². The monoisotopic (exact) mass is 183 g/mol. The van der Waals surface area contributed by atoms with E-state index in [-0.39, 0.29) is 5.54 Å². The van der Waals surface area contributed by atoms with Crippen molar-refractivity contribution in [3.8, 4) is 0 Å². The quantitative estimate of drug-likeness (QED) is 0.706. The maximum atomic E-state index is 3.59. The summed E-state index contributed by atoms with van der Waals surface area (Å²) < 4.78 is 0. The average molecular weight is 183 g/mol. The molecule has 0 spiro atoms. The molecule has 1 fully saturated rings. The van der Waals surface area contributed by atoms with Crippen LogP contribution >= 0.6 is 0 Å². The topological polar surface area (TPSA) is 12.0 Å². The maximum Gasteiger partial charge on any atom is 0.00966 e. The van der Waals surface area contributed by atoms with E-state index in [0.29, 0.717) is 0 Å². The lowest BCUT2D eigenvalue weighted by molar-refractivity contribution is 0.296. The van der Waals surface area contributed by atoms with Gasteiger partial charge in [-0.25, -0.2) is 0 Å². The van der Waals surface area contributed by atoms with Crippen molar-refractivity contribution >= 4 is 0 Å². The highest BCUT2D eigenvalue weighted by Crippen LogP contribution is 2.39. The third-order valence-electron chi connectivity index (χ3n) is 3.22. The molecule has 0 bridgehead atoms. The average Bonchev–Trinajstić information content (AvgIpc) is 2.79. The summed E-state index contributed by atoms with van der Waals surface area (Å²) >= 11 is 0. The maximum absolute atomic E-state index is 3.59. The lowest BCUT2D eigenvalue weighted by atomic mass is 9.91. The van der Waals surface area contributed by atoms with Crippen molar-refractivity contribution in [1.29, 1.82) is 0 Å². The summed E-state index contributed by atoms with van der Waals surface area (Å²) in [6.07, 6.45) is 2.95. The van der Waals surface area contributed by atoms with Crippen molar-refractivity contribution in [2.75, 3.05) is 6.54 Å². The van der Waals surface area contributed by atoms with Crippen molar-refractivity contribution in [2.24, 2.45) is 17.8 Å². The Bertz CT molecular complexity index is 153. The van der Waals surface area contributed by atoms with Crippen LogP contribution in [0, 0.1) is 17.8 Å². The van der Waals surface area contributed by atoms with E-state index >= 15 is 0 Å². The minimum Gasteiger partial charge on any atom is -0.312 e. The van der Waals surface area contributed by atoms with E-state index in [9.17, 15) is 0 Å². The molecule has 0 aromatic carbocycles. The molecule has 0 aromatic heterocycles. The summed E-state index contributed by atoms with van der Waals surface area (Å²) in [4.78, 5) is 0. The van der Waals surface area contributed by atoms with Gasteiger partial charge in [0, 0.05) is 5.54 Å². The van der Waals surface area contributed by atoms with E-state index in [4.69, 9.17) is 0 Å². The molecule has 0 saturated heterocycles. The van der Waals surface area contributed by atoms with Gasteiger partial charge in [-0.15, -0.1) is 0 Å². The van der Waals surface area contributed by atoms with Crippen LogP contribution in [0.5, 0.6) is 0 Å². The standard InChI is InChI=1S/C12H25N/c1-9(8-13-12(3,4)5)10(2)11-6-7-11/h9-11,13H,6-8H2,1-5H3. The zero-order valence-electron chi connectivity index (χ0n) is 9.85. The molecule has 0 heterocycles. The van der Waals surface area contributed by atoms with Crippen LogP contribution in [0.4, 0.5) is 0 Å². The summed E-state index contributed by atoms with van der Waals surface area (Å²) in [5.41, 5.74) is 0.275. The fourth-order valence-electron chi connectivity index (χ4n) is 1.74. The third-order valence-corrected chi connectivity index (χ3v) is 3.22. The fourth-order valence-corrected chi connectivity index (χ4v) is 1.74. The SMILES string of the molecule is CC(CNC(C)(C)C)C(C)C1CC1. The van der Waals surface area contributed by atoms with Gasteiger partial charge in [-0.3, -0.25) is 0 Å². The Labute approximate surface area is 83.3 Å². The molecule has 2 atom stereocenters. The van der Waals surface area contributed by atoms with E-state index in [1.54, 1.807) is 0 Å². The minimum absolute atomic E-state index is 0.275. The van der Waals surface area contributed by atoms with Crippen LogP contribution in [0.2, 0.25) is 0 Å². The summed E-state index contributed by atoms with van der Waals surface area (Å²) in [6.45, 7) is 12.7. The highest BCUT2D eigenvalue weighted by atomic mass is 14.9. The van der Waals surface area contributed by atoms with Crippen LogP contribution < -0.4 is 5.32 Å². The number of rotatable bonds is 4. The van der Waals surface area contributed by atoms with E-state index in [1.807, 2.05) is 0 Å². The number of nitrogens with one attached hydrogen (secondary N) is 1. The van der Waals surface area contributed by atoms with Crippen LogP contribution in [0.15, 0.2) is 0 Å². The molecule has 1 aliphatic rings. The Balaban J connectivity index is 2.20. The van der Waals surface area contributed by atoms with Gasteiger partial charge >= 0.3 is 0 Å². The third kappa shape index (κ3) is 4.12. The lowest BCUT2D eigenvalue weighted by Gasteiger charge is -2.26. The van der Waals surface area contributed by atoms with Crippen LogP contribution in [0.1, 0.15) is 47.5 Å². The second-order valence-corrected chi connectivity index (χ2v) is 5.80. The van der Waals surface area contributed by atoms with Crippen molar-refractivity contribution in [3.05, 3.63) is 0 Å². The first-order valence-corrected chi connectivity index (χ1v) is 5.65. The van der Waals surface area contributed by atoms with Gasteiger partial charge in [-0.1, -0.05) is 13.8 Å². The predicted molar refractivity (Wildman–Crippen MR) is 58.8 cm³/mol.